The van der Waals surface area contributed by atoms with Crippen molar-refractivity contribution >= 4 is 19.4 Å². The molecule has 1 amide bonds. The van der Waals surface area contributed by atoms with Crippen LogP contribution in [0.1, 0.15) is 61.3 Å². The van der Waals surface area contributed by atoms with Gasteiger partial charge in [-0.1, -0.05) is 17.6 Å². The van der Waals surface area contributed by atoms with Gasteiger partial charge in [0.15, 0.2) is 0 Å². The maximum atomic E-state index is 10.5. The van der Waals surface area contributed by atoms with E-state index in [9.17, 15) is 9.90 Å². The Morgan fingerprint density at radius 3 is 2.23 bits per heavy atom. The van der Waals surface area contributed by atoms with Crippen LogP contribution in [-0.4, -0.2) is 55.6 Å². The molecule has 2 N–H and O–H groups in total. The van der Waals surface area contributed by atoms with Crippen molar-refractivity contribution in [2.24, 2.45) is 5.92 Å². The fourth-order valence-electron chi connectivity index (χ4n) is 2.41. The normalized spacial score (nSPS) is 13.6. The van der Waals surface area contributed by atoms with Crippen LogP contribution in [0.4, 0.5) is 0 Å². The Kier molecular flexibility index (Phi) is 10.3. The summed E-state index contributed by atoms with van der Waals surface area (Å²) in [4.78, 5) is 10.5. The van der Waals surface area contributed by atoms with E-state index in [1.54, 1.807) is 21.3 Å². The highest BCUT2D eigenvalue weighted by Crippen LogP contribution is 2.24. The fourth-order valence-corrected chi connectivity index (χ4v) is 2.41. The summed E-state index contributed by atoms with van der Waals surface area (Å²) in [5, 5.41) is 12.9. The lowest BCUT2D eigenvalue weighted by atomic mass is 9.82. The van der Waals surface area contributed by atoms with Gasteiger partial charge in [-0.15, -0.1) is 0 Å². The van der Waals surface area contributed by atoms with Crippen LogP contribution in [0.3, 0.4) is 0 Å². The summed E-state index contributed by atoms with van der Waals surface area (Å²) < 4.78 is 17.6. The summed E-state index contributed by atoms with van der Waals surface area (Å²) in [5.41, 5.74) is -0.942. The molecule has 1 aromatic rings. The number of nitrogens with one attached hydrogen (secondary N) is 1. The molecule has 1 unspecified atom stereocenters. The molecule has 0 fully saturated rings. The van der Waals surface area contributed by atoms with E-state index in [-0.39, 0.29) is 11.5 Å². The minimum Gasteiger partial charge on any atom is -0.493 e. The summed E-state index contributed by atoms with van der Waals surface area (Å²) in [5.74, 6) is 1.06. The first-order chi connectivity index (χ1) is 13.8. The van der Waals surface area contributed by atoms with E-state index in [1.807, 2.05) is 58.9 Å². The van der Waals surface area contributed by atoms with Crippen molar-refractivity contribution in [2.75, 3.05) is 19.8 Å². The van der Waals surface area contributed by atoms with Gasteiger partial charge in [-0.3, -0.25) is 4.79 Å². The first-order valence-electron chi connectivity index (χ1n) is 10.6. The Labute approximate surface area is 183 Å². The third kappa shape index (κ3) is 10.5. The van der Waals surface area contributed by atoms with Crippen LogP contribution in [0.25, 0.3) is 0 Å². The minimum atomic E-state index is -0.961. The van der Waals surface area contributed by atoms with Gasteiger partial charge in [0.05, 0.1) is 23.4 Å². The third-order valence-corrected chi connectivity index (χ3v) is 5.17. The largest absolute Gasteiger partial charge is 0.493 e. The van der Waals surface area contributed by atoms with Crippen LogP contribution < -0.4 is 15.5 Å². The number of benzene rings is 1. The van der Waals surface area contributed by atoms with Gasteiger partial charge in [0.1, 0.15) is 5.75 Å². The molecule has 0 spiro atoms. The molecule has 0 aliphatic heterocycles. The van der Waals surface area contributed by atoms with Crippen LogP contribution in [0, 0.1) is 5.92 Å². The van der Waals surface area contributed by atoms with Gasteiger partial charge in [0.2, 0.25) is 6.41 Å². The number of amides is 1. The van der Waals surface area contributed by atoms with Crippen molar-refractivity contribution in [1.82, 2.24) is 5.32 Å². The zero-order valence-electron chi connectivity index (χ0n) is 19.7. The molecule has 1 radical (unpaired) electrons. The molecule has 169 valence electrons. The molecule has 30 heavy (non-hydrogen) atoms. The molecule has 0 aromatic heterocycles. The maximum Gasteiger partial charge on any atom is 0.330 e. The van der Waals surface area contributed by atoms with Gasteiger partial charge in [0.25, 0.3) is 0 Å². The van der Waals surface area contributed by atoms with E-state index in [2.05, 4.69) is 5.32 Å². The van der Waals surface area contributed by atoms with Crippen molar-refractivity contribution in [3.05, 3.63) is 24.3 Å². The van der Waals surface area contributed by atoms with Crippen LogP contribution in [0.15, 0.2) is 24.3 Å². The van der Waals surface area contributed by atoms with Crippen LogP contribution in [0.5, 0.6) is 5.75 Å². The zero-order chi connectivity index (χ0) is 22.8. The number of ether oxygens (including phenoxy) is 2. The number of carbonyl (C=O) groups excluding carboxylic acids is 1. The summed E-state index contributed by atoms with van der Waals surface area (Å²) in [6, 6.07) is 7.64. The lowest BCUT2D eigenvalue weighted by Gasteiger charge is -2.37. The van der Waals surface area contributed by atoms with Gasteiger partial charge < -0.3 is 24.6 Å². The number of hydrogen-bond acceptors (Lipinski definition) is 5. The quantitative estimate of drug-likeness (QED) is 0.275. The van der Waals surface area contributed by atoms with E-state index in [4.69, 9.17) is 14.1 Å². The second kappa shape index (κ2) is 11.7. The van der Waals surface area contributed by atoms with Gasteiger partial charge in [0, 0.05) is 13.2 Å². The molecule has 1 aromatic carbocycles. The molecular weight excluding hydrogens is 381 g/mol. The summed E-state index contributed by atoms with van der Waals surface area (Å²) in [6.45, 7) is 15.1. The first-order valence-corrected chi connectivity index (χ1v) is 10.6. The van der Waals surface area contributed by atoms with Crippen molar-refractivity contribution in [3.8, 4) is 5.75 Å². The molecule has 6 nitrogen and oxygen atoms in total. The monoisotopic (exact) mass is 420 g/mol. The molecular formula is C23H39BNO5. The summed E-state index contributed by atoms with van der Waals surface area (Å²) >= 11 is 0. The average Bonchev–Trinajstić information content (AvgIpc) is 2.63. The molecule has 1 atom stereocenters. The third-order valence-electron chi connectivity index (χ3n) is 5.17. The summed E-state index contributed by atoms with van der Waals surface area (Å²) in [6.07, 6.45) is 2.42. The first kappa shape index (κ1) is 26.5. The molecule has 0 bridgehead atoms. The topological polar surface area (TPSA) is 77.0 Å². The molecule has 7 heteroatoms. The Hall–Kier alpha value is -1.57. The van der Waals surface area contributed by atoms with Gasteiger partial charge >= 0.3 is 7.48 Å². The number of rotatable bonds is 14. The van der Waals surface area contributed by atoms with E-state index in [0.717, 1.165) is 30.5 Å². The highest BCUT2D eigenvalue weighted by Gasteiger charge is 2.35. The van der Waals surface area contributed by atoms with Crippen LogP contribution in [0.2, 0.25) is 0 Å². The number of carbonyl (C=O) groups is 1. The second-order valence-electron chi connectivity index (χ2n) is 9.66. The lowest BCUT2D eigenvalue weighted by molar-refractivity contribution is -0.109. The Morgan fingerprint density at radius 2 is 1.70 bits per heavy atom. The number of hydrogen-bond donors (Lipinski definition) is 2. The highest BCUT2D eigenvalue weighted by molar-refractivity contribution is 6.47. The average molecular weight is 420 g/mol. The minimum absolute atomic E-state index is 0.166. The molecule has 0 saturated carbocycles. The van der Waals surface area contributed by atoms with Gasteiger partial charge in [-0.2, -0.15) is 0 Å². The van der Waals surface area contributed by atoms with Crippen LogP contribution >= 0.6 is 0 Å². The smallest absolute Gasteiger partial charge is 0.330 e. The van der Waals surface area contributed by atoms with Crippen molar-refractivity contribution in [1.29, 1.82) is 0 Å². The Bertz CT molecular complexity index is 620. The van der Waals surface area contributed by atoms with Gasteiger partial charge in [-0.25, -0.2) is 0 Å². The van der Waals surface area contributed by atoms with Crippen molar-refractivity contribution in [3.63, 3.8) is 0 Å². The van der Waals surface area contributed by atoms with E-state index >= 15 is 0 Å². The maximum absolute atomic E-state index is 10.5. The van der Waals surface area contributed by atoms with Crippen molar-refractivity contribution in [2.45, 2.75) is 78.1 Å². The predicted octanol–water partition coefficient (Wildman–Crippen LogP) is 2.83. The fraction of sp³-hybridized carbons (Fsp3) is 0.696. The standard InChI is InChI=1S/C23H39BNO5/c1-21(2,3)29-15-13-18(12-14-25-17-26)16-28-20-10-8-19(9-11-20)24-30-23(6,7)22(4,5)27/h8-11,17-18,27H,12-16H2,1-7H3,(H,25,26). The summed E-state index contributed by atoms with van der Waals surface area (Å²) in [7, 11) is 1.65. The van der Waals surface area contributed by atoms with Crippen LogP contribution in [-0.2, 0) is 14.2 Å². The lowest BCUT2D eigenvalue weighted by Crippen LogP contribution is -2.49. The molecule has 0 heterocycles. The van der Waals surface area contributed by atoms with E-state index in [1.165, 1.54) is 0 Å². The molecule has 0 aliphatic carbocycles. The van der Waals surface area contributed by atoms with Gasteiger partial charge in [-0.05, 0) is 79.4 Å². The zero-order valence-corrected chi connectivity index (χ0v) is 19.7. The van der Waals surface area contributed by atoms with E-state index < -0.39 is 11.2 Å². The van der Waals surface area contributed by atoms with E-state index in [0.29, 0.717) is 19.8 Å². The predicted molar refractivity (Wildman–Crippen MR) is 121 cm³/mol. The second-order valence-corrected chi connectivity index (χ2v) is 9.66. The molecule has 0 saturated heterocycles. The SMILES string of the molecule is CC(C)(C)OCCC(CCNC=O)COc1ccc([B]OC(C)(C)C(C)(C)O)cc1. The molecule has 0 aliphatic rings. The number of aliphatic hydroxyl groups is 1. The Morgan fingerprint density at radius 1 is 1.07 bits per heavy atom. The highest BCUT2D eigenvalue weighted by atomic mass is 16.5. The Balaban J connectivity index is 2.55. The van der Waals surface area contributed by atoms with Crippen molar-refractivity contribution < 1.29 is 24.0 Å². The molecule has 1 rings (SSSR count).